The van der Waals surface area contributed by atoms with E-state index >= 15 is 0 Å². The van der Waals surface area contributed by atoms with Crippen LogP contribution in [0.1, 0.15) is 42.5 Å². The predicted octanol–water partition coefficient (Wildman–Crippen LogP) is 10.6. The first-order chi connectivity index (χ1) is 19.1. The summed E-state index contributed by atoms with van der Waals surface area (Å²) in [7, 11) is 0. The van der Waals surface area contributed by atoms with E-state index in [4.69, 9.17) is 0 Å². The van der Waals surface area contributed by atoms with Crippen molar-refractivity contribution < 1.29 is 0 Å². The standard InChI is InChI=1S/C39H30/c1-39(2)23-30(27-19-18-25-10-3-4-11-26(25)20-27)22-31(24-39)36-33-15-7-8-16-34(33)38-32-14-6-5-12-28(32)21-29-13-9-17-35(36)37(29)38/h3-20,22,24H,21,23H2,1-2H3. The first-order valence-electron chi connectivity index (χ1n) is 14.0. The van der Waals surface area contributed by atoms with Gasteiger partial charge in [-0.05, 0) is 101 Å². The zero-order chi connectivity index (χ0) is 26.1. The summed E-state index contributed by atoms with van der Waals surface area (Å²) in [5, 5.41) is 8.08. The second-order valence-corrected chi connectivity index (χ2v) is 12.0. The lowest BCUT2D eigenvalue weighted by Gasteiger charge is -2.31. The van der Waals surface area contributed by atoms with Gasteiger partial charge in [-0.1, -0.05) is 129 Å². The molecule has 0 unspecified atom stereocenters. The minimum absolute atomic E-state index is 0.0540. The smallest absolute Gasteiger partial charge is 0.00132 e. The third kappa shape index (κ3) is 3.52. The molecule has 6 aromatic rings. The van der Waals surface area contributed by atoms with Crippen LogP contribution in [0.15, 0.2) is 121 Å². The molecule has 0 aromatic heterocycles. The van der Waals surface area contributed by atoms with Crippen LogP contribution in [0.3, 0.4) is 0 Å². The van der Waals surface area contributed by atoms with Crippen LogP contribution in [-0.2, 0) is 6.42 Å². The molecule has 2 aliphatic carbocycles. The molecule has 0 atom stereocenters. The molecule has 8 rings (SSSR count). The van der Waals surface area contributed by atoms with Crippen LogP contribution in [0.4, 0.5) is 0 Å². The monoisotopic (exact) mass is 498 g/mol. The lowest BCUT2D eigenvalue weighted by atomic mass is 9.73. The molecule has 0 spiro atoms. The number of hydrogen-bond acceptors (Lipinski definition) is 0. The van der Waals surface area contributed by atoms with Gasteiger partial charge in [0.15, 0.2) is 0 Å². The highest BCUT2D eigenvalue weighted by Crippen LogP contribution is 2.49. The summed E-state index contributed by atoms with van der Waals surface area (Å²) in [6.45, 7) is 4.76. The first-order valence-corrected chi connectivity index (χ1v) is 14.0. The summed E-state index contributed by atoms with van der Waals surface area (Å²) in [4.78, 5) is 0. The van der Waals surface area contributed by atoms with E-state index in [9.17, 15) is 0 Å². The third-order valence-corrected chi connectivity index (χ3v) is 8.73. The summed E-state index contributed by atoms with van der Waals surface area (Å²) >= 11 is 0. The van der Waals surface area contributed by atoms with E-state index in [1.807, 2.05) is 0 Å². The van der Waals surface area contributed by atoms with Crippen molar-refractivity contribution in [2.24, 2.45) is 5.41 Å². The van der Waals surface area contributed by atoms with Gasteiger partial charge in [0.1, 0.15) is 0 Å². The van der Waals surface area contributed by atoms with Gasteiger partial charge in [-0.15, -0.1) is 0 Å². The molecule has 0 heterocycles. The van der Waals surface area contributed by atoms with Gasteiger partial charge in [0, 0.05) is 0 Å². The molecule has 0 fully saturated rings. The molecule has 0 aliphatic heterocycles. The quantitative estimate of drug-likeness (QED) is 0.208. The molecule has 6 aromatic carbocycles. The zero-order valence-corrected chi connectivity index (χ0v) is 22.5. The Morgan fingerprint density at radius 1 is 0.590 bits per heavy atom. The Hall–Kier alpha value is -4.42. The van der Waals surface area contributed by atoms with Crippen molar-refractivity contribution >= 4 is 43.5 Å². The van der Waals surface area contributed by atoms with Crippen molar-refractivity contribution in [2.75, 3.05) is 0 Å². The van der Waals surface area contributed by atoms with Gasteiger partial charge < -0.3 is 0 Å². The van der Waals surface area contributed by atoms with E-state index in [2.05, 4.69) is 135 Å². The van der Waals surface area contributed by atoms with E-state index in [0.29, 0.717) is 0 Å². The van der Waals surface area contributed by atoms with Crippen LogP contribution in [-0.4, -0.2) is 0 Å². The van der Waals surface area contributed by atoms with Crippen molar-refractivity contribution in [3.63, 3.8) is 0 Å². The predicted molar refractivity (Wildman–Crippen MR) is 168 cm³/mol. The lowest BCUT2D eigenvalue weighted by Crippen LogP contribution is -2.13. The van der Waals surface area contributed by atoms with Crippen molar-refractivity contribution in [3.8, 4) is 11.1 Å². The molecule has 186 valence electrons. The summed E-state index contributed by atoms with van der Waals surface area (Å²) in [6, 6.07) is 40.6. The topological polar surface area (TPSA) is 0 Å². The lowest BCUT2D eigenvalue weighted by molar-refractivity contribution is 0.494. The molecule has 0 amide bonds. The summed E-state index contributed by atoms with van der Waals surface area (Å²) < 4.78 is 0. The van der Waals surface area contributed by atoms with Crippen molar-refractivity contribution in [2.45, 2.75) is 26.7 Å². The number of allylic oxidation sites excluding steroid dienone is 4. The van der Waals surface area contributed by atoms with Crippen molar-refractivity contribution in [3.05, 3.63) is 144 Å². The highest BCUT2D eigenvalue weighted by molar-refractivity contribution is 6.21. The molecule has 0 saturated heterocycles. The van der Waals surface area contributed by atoms with Gasteiger partial charge in [-0.25, -0.2) is 0 Å². The molecule has 0 nitrogen and oxygen atoms in total. The molecule has 0 N–H and O–H groups in total. The second-order valence-electron chi connectivity index (χ2n) is 12.0. The molecule has 2 aliphatic rings. The normalized spacial score (nSPS) is 15.7. The van der Waals surface area contributed by atoms with Gasteiger partial charge >= 0.3 is 0 Å². The zero-order valence-electron chi connectivity index (χ0n) is 22.5. The Bertz CT molecular complexity index is 2030. The Labute approximate surface area is 229 Å². The average Bonchev–Trinajstić information content (AvgIpc) is 2.96. The van der Waals surface area contributed by atoms with E-state index in [1.54, 1.807) is 0 Å². The fourth-order valence-electron chi connectivity index (χ4n) is 7.13. The highest BCUT2D eigenvalue weighted by Gasteiger charge is 2.28. The molecule has 0 bridgehead atoms. The number of benzene rings is 6. The highest BCUT2D eigenvalue weighted by atomic mass is 14.3. The van der Waals surface area contributed by atoms with Crippen LogP contribution >= 0.6 is 0 Å². The van der Waals surface area contributed by atoms with Crippen LogP contribution in [0, 0.1) is 5.41 Å². The van der Waals surface area contributed by atoms with E-state index in [-0.39, 0.29) is 5.41 Å². The maximum Gasteiger partial charge on any atom is -0.00132 e. The van der Waals surface area contributed by atoms with Crippen LogP contribution in [0.2, 0.25) is 0 Å². The van der Waals surface area contributed by atoms with Crippen molar-refractivity contribution in [1.82, 2.24) is 0 Å². The molecule has 39 heavy (non-hydrogen) atoms. The number of rotatable bonds is 2. The molecule has 0 radical (unpaired) electrons. The van der Waals surface area contributed by atoms with Crippen LogP contribution < -0.4 is 0 Å². The largest absolute Gasteiger partial charge is 0.0706 e. The SMILES string of the molecule is CC1(C)C=C(c2c3ccccc3c3c4c(cccc24)Cc2ccccc2-3)C=C(c2ccc3ccccc3c2)C1. The summed E-state index contributed by atoms with van der Waals surface area (Å²) in [5.41, 5.74) is 11.1. The molecule has 0 heteroatoms. The third-order valence-electron chi connectivity index (χ3n) is 8.73. The van der Waals surface area contributed by atoms with E-state index in [1.165, 1.54) is 76.8 Å². The van der Waals surface area contributed by atoms with E-state index < -0.39 is 0 Å². The Morgan fingerprint density at radius 3 is 2.15 bits per heavy atom. The molecular weight excluding hydrogens is 468 g/mol. The van der Waals surface area contributed by atoms with Gasteiger partial charge in [0.2, 0.25) is 0 Å². The maximum absolute atomic E-state index is 2.52. The molecule has 0 saturated carbocycles. The van der Waals surface area contributed by atoms with Gasteiger partial charge in [-0.2, -0.15) is 0 Å². The maximum atomic E-state index is 2.52. The fourth-order valence-corrected chi connectivity index (χ4v) is 7.13. The van der Waals surface area contributed by atoms with E-state index in [0.717, 1.165) is 12.8 Å². The minimum Gasteiger partial charge on any atom is -0.0706 e. The van der Waals surface area contributed by atoms with Gasteiger partial charge in [0.25, 0.3) is 0 Å². The Kier molecular flexibility index (Phi) is 4.79. The van der Waals surface area contributed by atoms with Gasteiger partial charge in [0.05, 0.1) is 0 Å². The number of fused-ring (bicyclic) bond motifs is 5. The van der Waals surface area contributed by atoms with Crippen LogP contribution in [0.25, 0.3) is 54.6 Å². The Morgan fingerprint density at radius 2 is 1.28 bits per heavy atom. The molecular formula is C39H30. The summed E-state index contributed by atoms with van der Waals surface area (Å²) in [5.74, 6) is 0. The van der Waals surface area contributed by atoms with Gasteiger partial charge in [-0.3, -0.25) is 0 Å². The van der Waals surface area contributed by atoms with Crippen LogP contribution in [0.5, 0.6) is 0 Å². The van der Waals surface area contributed by atoms with Crippen molar-refractivity contribution in [1.29, 1.82) is 0 Å². The average molecular weight is 499 g/mol. The Balaban J connectivity index is 1.43. The second kappa shape index (κ2) is 8.29. The summed E-state index contributed by atoms with van der Waals surface area (Å²) in [6.07, 6.45) is 7.01. The first kappa shape index (κ1) is 22.6. The minimum atomic E-state index is 0.0540. The number of hydrogen-bond donors (Lipinski definition) is 0. The fraction of sp³-hybridized carbons (Fsp3) is 0.128.